The third-order valence-corrected chi connectivity index (χ3v) is 7.76. The minimum absolute atomic E-state index is 0.194. The summed E-state index contributed by atoms with van der Waals surface area (Å²) in [7, 11) is 0. The molecule has 0 saturated heterocycles. The first kappa shape index (κ1) is 21.4. The highest BCUT2D eigenvalue weighted by molar-refractivity contribution is 9.08. The van der Waals surface area contributed by atoms with Gasteiger partial charge < -0.3 is 9.84 Å². The van der Waals surface area contributed by atoms with Gasteiger partial charge in [0.1, 0.15) is 5.75 Å². The summed E-state index contributed by atoms with van der Waals surface area (Å²) in [6.45, 7) is 0. The number of alkyl halides is 1. The van der Waals surface area contributed by atoms with Crippen LogP contribution in [0.4, 0.5) is 5.69 Å². The van der Waals surface area contributed by atoms with Crippen molar-refractivity contribution in [3.05, 3.63) is 52.0 Å². The van der Waals surface area contributed by atoms with Crippen LogP contribution in [0.5, 0.6) is 11.5 Å². The van der Waals surface area contributed by atoms with Crippen molar-refractivity contribution >= 4 is 56.1 Å². The number of ether oxygens (including phenoxy) is 1. The molecule has 4 unspecified atom stereocenters. The molecule has 2 saturated carbocycles. The molecule has 2 aliphatic rings. The lowest BCUT2D eigenvalue weighted by atomic mass is 9.93. The Bertz CT molecular complexity index is 939. The zero-order valence-electron chi connectivity index (χ0n) is 15.4. The predicted octanol–water partition coefficient (Wildman–Crippen LogP) is 5.93. The van der Waals surface area contributed by atoms with Crippen molar-refractivity contribution in [2.24, 2.45) is 5.92 Å². The van der Waals surface area contributed by atoms with Gasteiger partial charge in [0.25, 0.3) is 11.3 Å². The number of rotatable bonds is 6. The van der Waals surface area contributed by atoms with Gasteiger partial charge in [-0.2, -0.15) is 0 Å². The van der Waals surface area contributed by atoms with E-state index in [1.165, 1.54) is 4.31 Å². The second-order valence-electron chi connectivity index (χ2n) is 7.68. The molecule has 2 fully saturated rings. The van der Waals surface area contributed by atoms with Crippen molar-refractivity contribution in [3.8, 4) is 11.5 Å². The maximum absolute atomic E-state index is 12.2. The van der Waals surface area contributed by atoms with E-state index >= 15 is 0 Å². The third-order valence-electron chi connectivity index (χ3n) is 5.73. The van der Waals surface area contributed by atoms with Gasteiger partial charge in [0.2, 0.25) is 0 Å². The average molecular weight is 521 g/mol. The Morgan fingerprint density at radius 2 is 1.97 bits per heavy atom. The number of hydrogen-bond donors (Lipinski definition) is 2. The van der Waals surface area contributed by atoms with Gasteiger partial charge in [-0.25, -0.2) is 4.21 Å². The van der Waals surface area contributed by atoms with Crippen molar-refractivity contribution in [2.75, 3.05) is 4.31 Å². The van der Waals surface area contributed by atoms with E-state index in [2.05, 4.69) is 15.9 Å². The normalized spacial score (nSPS) is 26.5. The van der Waals surface area contributed by atoms with Crippen LogP contribution in [0.1, 0.15) is 31.2 Å². The summed E-state index contributed by atoms with van der Waals surface area (Å²) in [5.41, 5.74) is 0.755. The van der Waals surface area contributed by atoms with Gasteiger partial charge in [0, 0.05) is 11.4 Å². The molecule has 4 rings (SSSR count). The lowest BCUT2D eigenvalue weighted by Crippen LogP contribution is -2.42. The van der Waals surface area contributed by atoms with Crippen LogP contribution in [0.2, 0.25) is 10.0 Å². The van der Waals surface area contributed by atoms with Gasteiger partial charge in [-0.05, 0) is 61.4 Å². The lowest BCUT2D eigenvalue weighted by molar-refractivity contribution is 0.0495. The lowest BCUT2D eigenvalue weighted by Gasteiger charge is -2.34. The molecule has 156 valence electrons. The fourth-order valence-electron chi connectivity index (χ4n) is 4.48. The largest absolute Gasteiger partial charge is 0.454 e. The molecule has 0 radical (unpaired) electrons. The van der Waals surface area contributed by atoms with E-state index in [0.29, 0.717) is 45.4 Å². The second-order valence-corrected chi connectivity index (χ2v) is 9.91. The molecule has 2 N–H and O–H groups in total. The molecule has 0 spiro atoms. The molecule has 0 amide bonds. The first-order valence-corrected chi connectivity index (χ1v) is 12.2. The number of hydrogen-bond acceptors (Lipinski definition) is 3. The summed E-state index contributed by atoms with van der Waals surface area (Å²) < 4.78 is 29.6. The Kier molecular flexibility index (Phi) is 6.17. The highest BCUT2D eigenvalue weighted by atomic mass is 79.9. The van der Waals surface area contributed by atoms with Crippen molar-refractivity contribution in [1.29, 1.82) is 0 Å². The molecule has 2 aromatic rings. The minimum Gasteiger partial charge on any atom is -0.454 e. The third kappa shape index (κ3) is 4.31. The van der Waals surface area contributed by atoms with E-state index in [9.17, 15) is 13.9 Å². The summed E-state index contributed by atoms with van der Waals surface area (Å²) in [6.07, 6.45) is 2.77. The van der Waals surface area contributed by atoms with Crippen molar-refractivity contribution in [2.45, 2.75) is 42.7 Å². The quantitative estimate of drug-likeness (QED) is 0.366. The van der Waals surface area contributed by atoms with Crippen LogP contribution in [0, 0.1) is 5.92 Å². The van der Waals surface area contributed by atoms with Crippen LogP contribution < -0.4 is 9.04 Å². The minimum atomic E-state index is -2.22. The van der Waals surface area contributed by atoms with Crippen molar-refractivity contribution in [3.63, 3.8) is 0 Å². The van der Waals surface area contributed by atoms with E-state index in [1.54, 1.807) is 36.4 Å². The van der Waals surface area contributed by atoms with E-state index < -0.39 is 16.9 Å². The molecule has 0 heterocycles. The number of aliphatic hydroxyl groups is 1. The molecule has 29 heavy (non-hydrogen) atoms. The van der Waals surface area contributed by atoms with Gasteiger partial charge in [-0.15, -0.1) is 0 Å². The van der Waals surface area contributed by atoms with Gasteiger partial charge >= 0.3 is 0 Å². The van der Waals surface area contributed by atoms with Gasteiger partial charge in [0.05, 0.1) is 27.4 Å². The first-order chi connectivity index (χ1) is 13.8. The maximum Gasteiger partial charge on any atom is 0.262 e. The Hall–Kier alpha value is -0.830. The van der Waals surface area contributed by atoms with Crippen LogP contribution in [0.3, 0.4) is 0 Å². The fourth-order valence-corrected chi connectivity index (χ4v) is 6.18. The first-order valence-electron chi connectivity index (χ1n) is 9.24. The Labute approximate surface area is 190 Å². The topological polar surface area (TPSA) is 70.0 Å². The van der Waals surface area contributed by atoms with Gasteiger partial charge in [-0.3, -0.25) is 8.86 Å². The molecule has 2 aromatic carbocycles. The zero-order chi connectivity index (χ0) is 20.8. The summed E-state index contributed by atoms with van der Waals surface area (Å²) in [4.78, 5) is 0. The predicted molar refractivity (Wildman–Crippen MR) is 120 cm³/mol. The Morgan fingerprint density at radius 1 is 1.24 bits per heavy atom. The maximum atomic E-state index is 12.2. The molecular formula is C20H20BrCl2NO4S. The van der Waals surface area contributed by atoms with Crippen LogP contribution in [-0.4, -0.2) is 25.5 Å². The number of fused-ring (bicyclic) bond motifs is 2. The Morgan fingerprint density at radius 3 is 2.52 bits per heavy atom. The Balaban J connectivity index is 1.62. The van der Waals surface area contributed by atoms with E-state index in [-0.39, 0.29) is 12.0 Å². The van der Waals surface area contributed by atoms with E-state index in [4.69, 9.17) is 27.9 Å². The fraction of sp³-hybridized carbons (Fsp3) is 0.400. The summed E-state index contributed by atoms with van der Waals surface area (Å²) in [5, 5.41) is 12.0. The summed E-state index contributed by atoms with van der Waals surface area (Å²) in [6, 6.07) is 10.3. The SMILES string of the molecule is O=S(O)N(c1cccc(Oc2c(Cl)cc(CBr)cc2Cl)c1)C1CC2(O)CCC1C2. The molecule has 4 atom stereocenters. The average Bonchev–Trinajstić information content (AvgIpc) is 3.20. The van der Waals surface area contributed by atoms with Gasteiger partial charge in [-0.1, -0.05) is 45.2 Å². The molecule has 9 heteroatoms. The molecule has 0 aliphatic heterocycles. The van der Waals surface area contributed by atoms with Crippen molar-refractivity contribution < 1.29 is 18.6 Å². The monoisotopic (exact) mass is 519 g/mol. The zero-order valence-corrected chi connectivity index (χ0v) is 19.3. The van der Waals surface area contributed by atoms with Crippen LogP contribution in [0.15, 0.2) is 36.4 Å². The molecule has 5 nitrogen and oxygen atoms in total. The molecule has 2 bridgehead atoms. The number of halogens is 3. The number of anilines is 1. The number of nitrogens with zero attached hydrogens (tertiary/aromatic N) is 1. The van der Waals surface area contributed by atoms with Crippen molar-refractivity contribution in [1.82, 2.24) is 0 Å². The highest BCUT2D eigenvalue weighted by Gasteiger charge is 2.52. The molecular weight excluding hydrogens is 501 g/mol. The van der Waals surface area contributed by atoms with Crippen LogP contribution >= 0.6 is 39.1 Å². The van der Waals surface area contributed by atoms with Crippen LogP contribution in [0.25, 0.3) is 0 Å². The number of benzene rings is 2. The summed E-state index contributed by atoms with van der Waals surface area (Å²) in [5.74, 6) is 0.984. The highest BCUT2D eigenvalue weighted by Crippen LogP contribution is 2.50. The van der Waals surface area contributed by atoms with Crippen LogP contribution in [-0.2, 0) is 16.6 Å². The smallest absolute Gasteiger partial charge is 0.262 e. The standard InChI is InChI=1S/C20H20BrCl2NO4S/c21-11-12-6-16(22)19(17(23)7-12)28-15-3-1-2-14(8-15)24(29(26)27)18-10-20(25)5-4-13(18)9-20/h1-3,6-8,13,18,25H,4-5,9-11H2,(H,26,27). The van der Waals surface area contributed by atoms with E-state index in [0.717, 1.165) is 18.4 Å². The van der Waals surface area contributed by atoms with Gasteiger partial charge in [0.15, 0.2) is 5.75 Å². The molecule has 0 aromatic heterocycles. The second kappa shape index (κ2) is 8.36. The van der Waals surface area contributed by atoms with E-state index in [1.807, 2.05) is 0 Å². The summed E-state index contributed by atoms with van der Waals surface area (Å²) >= 11 is 13.8. The molecule has 2 aliphatic carbocycles.